The SMILES string of the molecule is Cc1ccc(NC(=O)c2ccc(CNC(=O)c3ccc(C(C)(C)C)cc3)cc2)nc1. The molecule has 30 heavy (non-hydrogen) atoms. The number of anilines is 1. The van der Waals surface area contributed by atoms with E-state index in [-0.39, 0.29) is 17.2 Å². The maximum atomic E-state index is 12.4. The molecule has 0 atom stereocenters. The van der Waals surface area contributed by atoms with E-state index in [0.29, 0.717) is 23.5 Å². The number of hydrogen-bond acceptors (Lipinski definition) is 3. The number of aromatic nitrogens is 1. The van der Waals surface area contributed by atoms with E-state index in [9.17, 15) is 9.59 Å². The van der Waals surface area contributed by atoms with Crippen molar-refractivity contribution < 1.29 is 9.59 Å². The van der Waals surface area contributed by atoms with Crippen molar-refractivity contribution in [3.63, 3.8) is 0 Å². The van der Waals surface area contributed by atoms with Crippen LogP contribution >= 0.6 is 0 Å². The third kappa shape index (κ3) is 5.54. The van der Waals surface area contributed by atoms with E-state index >= 15 is 0 Å². The van der Waals surface area contributed by atoms with Crippen LogP contribution < -0.4 is 10.6 Å². The normalized spacial score (nSPS) is 11.1. The highest BCUT2D eigenvalue weighted by atomic mass is 16.2. The van der Waals surface area contributed by atoms with Crippen LogP contribution in [0.25, 0.3) is 0 Å². The second-order valence-corrected chi connectivity index (χ2v) is 8.38. The summed E-state index contributed by atoms with van der Waals surface area (Å²) in [5.41, 5.74) is 4.35. The number of carbonyl (C=O) groups is 2. The third-order valence-electron chi connectivity index (χ3n) is 4.84. The minimum atomic E-state index is -0.221. The summed E-state index contributed by atoms with van der Waals surface area (Å²) in [4.78, 5) is 28.9. The number of nitrogens with one attached hydrogen (secondary N) is 2. The molecule has 2 aromatic carbocycles. The van der Waals surface area contributed by atoms with Gasteiger partial charge in [0.1, 0.15) is 5.82 Å². The van der Waals surface area contributed by atoms with Gasteiger partial charge in [-0.3, -0.25) is 9.59 Å². The number of hydrogen-bond donors (Lipinski definition) is 2. The molecule has 0 spiro atoms. The Morgan fingerprint density at radius 2 is 1.43 bits per heavy atom. The van der Waals surface area contributed by atoms with Crippen molar-refractivity contribution in [1.82, 2.24) is 10.3 Å². The first-order valence-corrected chi connectivity index (χ1v) is 9.94. The summed E-state index contributed by atoms with van der Waals surface area (Å²) in [6.45, 7) is 8.76. The van der Waals surface area contributed by atoms with E-state index < -0.39 is 0 Å². The maximum absolute atomic E-state index is 12.4. The van der Waals surface area contributed by atoms with Gasteiger partial charge in [-0.25, -0.2) is 4.98 Å². The largest absolute Gasteiger partial charge is 0.348 e. The first kappa shape index (κ1) is 21.2. The van der Waals surface area contributed by atoms with Gasteiger partial charge in [-0.2, -0.15) is 0 Å². The summed E-state index contributed by atoms with van der Waals surface area (Å²) < 4.78 is 0. The number of rotatable bonds is 5. The molecule has 3 rings (SSSR count). The topological polar surface area (TPSA) is 71.1 Å². The molecule has 1 heterocycles. The van der Waals surface area contributed by atoms with Crippen molar-refractivity contribution in [2.45, 2.75) is 39.7 Å². The number of amides is 2. The van der Waals surface area contributed by atoms with Gasteiger partial charge in [0.15, 0.2) is 0 Å². The fraction of sp³-hybridized carbons (Fsp3) is 0.240. The molecule has 0 saturated carbocycles. The van der Waals surface area contributed by atoms with E-state index in [1.165, 1.54) is 5.56 Å². The number of aryl methyl sites for hydroxylation is 1. The van der Waals surface area contributed by atoms with Crippen LogP contribution in [-0.2, 0) is 12.0 Å². The highest BCUT2D eigenvalue weighted by Crippen LogP contribution is 2.22. The number of benzene rings is 2. The predicted molar refractivity (Wildman–Crippen MR) is 120 cm³/mol. The quantitative estimate of drug-likeness (QED) is 0.641. The second kappa shape index (κ2) is 8.91. The molecular weight excluding hydrogens is 374 g/mol. The molecule has 154 valence electrons. The van der Waals surface area contributed by atoms with Gasteiger partial charge >= 0.3 is 0 Å². The molecule has 5 nitrogen and oxygen atoms in total. The Labute approximate surface area is 177 Å². The van der Waals surface area contributed by atoms with E-state index in [0.717, 1.165) is 11.1 Å². The average molecular weight is 402 g/mol. The first-order valence-electron chi connectivity index (χ1n) is 9.94. The Morgan fingerprint density at radius 3 is 2.00 bits per heavy atom. The Balaban J connectivity index is 1.55. The lowest BCUT2D eigenvalue weighted by Crippen LogP contribution is -2.23. The summed E-state index contributed by atoms with van der Waals surface area (Å²) in [6.07, 6.45) is 1.71. The van der Waals surface area contributed by atoms with Crippen LogP contribution in [0.3, 0.4) is 0 Å². The summed E-state index contributed by atoms with van der Waals surface area (Å²) in [5, 5.41) is 5.69. The van der Waals surface area contributed by atoms with Crippen molar-refractivity contribution in [2.24, 2.45) is 0 Å². The summed E-state index contributed by atoms with van der Waals surface area (Å²) in [7, 11) is 0. The molecule has 0 saturated heterocycles. The number of carbonyl (C=O) groups excluding carboxylic acids is 2. The van der Waals surface area contributed by atoms with Gasteiger partial charge in [0.05, 0.1) is 0 Å². The van der Waals surface area contributed by atoms with Gasteiger partial charge in [-0.15, -0.1) is 0 Å². The Hall–Kier alpha value is -3.47. The van der Waals surface area contributed by atoms with Crippen LogP contribution in [0.4, 0.5) is 5.82 Å². The standard InChI is InChI=1S/C25H27N3O2/c1-17-5-14-22(26-15-17)28-24(30)20-8-6-18(7-9-20)16-27-23(29)19-10-12-21(13-11-19)25(2,3)4/h5-15H,16H2,1-4H3,(H,27,29)(H,26,28,30). The molecule has 0 radical (unpaired) electrons. The lowest BCUT2D eigenvalue weighted by Gasteiger charge is -2.19. The monoisotopic (exact) mass is 401 g/mol. The van der Waals surface area contributed by atoms with Crippen LogP contribution in [-0.4, -0.2) is 16.8 Å². The molecule has 2 amide bonds. The van der Waals surface area contributed by atoms with E-state index in [1.807, 2.05) is 49.4 Å². The Morgan fingerprint density at radius 1 is 0.833 bits per heavy atom. The lowest BCUT2D eigenvalue weighted by molar-refractivity contribution is 0.0949. The maximum Gasteiger partial charge on any atom is 0.256 e. The van der Waals surface area contributed by atoms with Crippen molar-refractivity contribution >= 4 is 17.6 Å². The zero-order valence-electron chi connectivity index (χ0n) is 17.8. The molecule has 0 bridgehead atoms. The zero-order valence-corrected chi connectivity index (χ0v) is 17.8. The van der Waals surface area contributed by atoms with Gasteiger partial charge in [0, 0.05) is 23.9 Å². The van der Waals surface area contributed by atoms with Gasteiger partial charge in [-0.05, 0) is 59.4 Å². The molecule has 0 unspecified atom stereocenters. The molecule has 3 aromatic rings. The molecule has 0 fully saturated rings. The van der Waals surface area contributed by atoms with Gasteiger partial charge < -0.3 is 10.6 Å². The minimum absolute atomic E-state index is 0.0541. The summed E-state index contributed by atoms with van der Waals surface area (Å²) in [5.74, 6) is 0.169. The van der Waals surface area contributed by atoms with Gasteiger partial charge in [0.2, 0.25) is 0 Å². The fourth-order valence-corrected chi connectivity index (χ4v) is 2.91. The smallest absolute Gasteiger partial charge is 0.256 e. The van der Waals surface area contributed by atoms with Gasteiger partial charge in [0.25, 0.3) is 11.8 Å². The predicted octanol–water partition coefficient (Wildman–Crippen LogP) is 4.87. The van der Waals surface area contributed by atoms with Crippen molar-refractivity contribution in [3.8, 4) is 0 Å². The van der Waals surface area contributed by atoms with Crippen LogP contribution in [0.15, 0.2) is 66.9 Å². The number of pyridine rings is 1. The van der Waals surface area contributed by atoms with Crippen LogP contribution in [0.1, 0.15) is 58.2 Å². The van der Waals surface area contributed by atoms with Crippen LogP contribution in [0, 0.1) is 6.92 Å². The molecule has 2 N–H and O–H groups in total. The highest BCUT2D eigenvalue weighted by molar-refractivity contribution is 6.03. The minimum Gasteiger partial charge on any atom is -0.348 e. The molecule has 1 aromatic heterocycles. The second-order valence-electron chi connectivity index (χ2n) is 8.38. The first-order chi connectivity index (χ1) is 14.2. The molecule has 0 aliphatic rings. The highest BCUT2D eigenvalue weighted by Gasteiger charge is 2.14. The van der Waals surface area contributed by atoms with Crippen molar-refractivity contribution in [2.75, 3.05) is 5.32 Å². The van der Waals surface area contributed by atoms with E-state index in [4.69, 9.17) is 0 Å². The fourth-order valence-electron chi connectivity index (χ4n) is 2.91. The third-order valence-corrected chi connectivity index (χ3v) is 4.84. The average Bonchev–Trinajstić information content (AvgIpc) is 2.73. The van der Waals surface area contributed by atoms with E-state index in [2.05, 4.69) is 36.4 Å². The lowest BCUT2D eigenvalue weighted by atomic mass is 9.87. The number of nitrogens with zero attached hydrogens (tertiary/aromatic N) is 1. The van der Waals surface area contributed by atoms with Crippen molar-refractivity contribution in [1.29, 1.82) is 0 Å². The van der Waals surface area contributed by atoms with Crippen molar-refractivity contribution in [3.05, 3.63) is 94.7 Å². The summed E-state index contributed by atoms with van der Waals surface area (Å²) >= 11 is 0. The summed E-state index contributed by atoms with van der Waals surface area (Å²) in [6, 6.07) is 18.5. The van der Waals surface area contributed by atoms with Crippen LogP contribution in [0.2, 0.25) is 0 Å². The van der Waals surface area contributed by atoms with Gasteiger partial charge in [-0.1, -0.05) is 51.1 Å². The Kier molecular flexibility index (Phi) is 6.31. The molecule has 0 aliphatic carbocycles. The molecular formula is C25H27N3O2. The Bertz CT molecular complexity index is 1020. The molecule has 5 heteroatoms. The molecule has 0 aliphatic heterocycles. The zero-order chi connectivity index (χ0) is 21.7. The van der Waals surface area contributed by atoms with E-state index in [1.54, 1.807) is 24.4 Å². The van der Waals surface area contributed by atoms with Crippen LogP contribution in [0.5, 0.6) is 0 Å².